The highest BCUT2D eigenvalue weighted by Crippen LogP contribution is 2.10. The van der Waals surface area contributed by atoms with Crippen molar-refractivity contribution in [3.8, 4) is 0 Å². The fraction of sp³-hybridized carbons (Fsp3) is 1.00. The van der Waals surface area contributed by atoms with E-state index in [1.165, 1.54) is 44.9 Å². The first kappa shape index (κ1) is 14.6. The van der Waals surface area contributed by atoms with Crippen molar-refractivity contribution in [2.24, 2.45) is 5.18 Å². The Hall–Kier alpha value is -0.440. The first-order valence-corrected chi connectivity index (χ1v) is 6.32. The van der Waals surface area contributed by atoms with Crippen molar-refractivity contribution < 1.29 is 5.11 Å². The van der Waals surface area contributed by atoms with Gasteiger partial charge in [0.1, 0.15) is 0 Å². The van der Waals surface area contributed by atoms with Crippen LogP contribution in [0, 0.1) is 4.91 Å². The summed E-state index contributed by atoms with van der Waals surface area (Å²) in [5, 5.41) is 11.4. The van der Waals surface area contributed by atoms with E-state index >= 15 is 0 Å². The lowest BCUT2D eigenvalue weighted by molar-refractivity contribution is 0.282. The topological polar surface area (TPSA) is 49.7 Å². The Morgan fingerprint density at radius 3 is 1.47 bits per heavy atom. The van der Waals surface area contributed by atoms with E-state index in [0.29, 0.717) is 13.2 Å². The molecular formula is C12H25NO2. The Morgan fingerprint density at radius 1 is 0.667 bits per heavy atom. The molecule has 15 heavy (non-hydrogen) atoms. The Balaban J connectivity index is 2.83. The highest BCUT2D eigenvalue weighted by atomic mass is 16.3. The molecule has 90 valence electrons. The molecular weight excluding hydrogens is 190 g/mol. The summed E-state index contributed by atoms with van der Waals surface area (Å²) in [7, 11) is 0. The third-order valence-corrected chi connectivity index (χ3v) is 2.66. The number of unbranched alkanes of at least 4 members (excludes halogenated alkanes) is 9. The van der Waals surface area contributed by atoms with E-state index in [1.807, 2.05) is 0 Å². The van der Waals surface area contributed by atoms with Crippen LogP contribution >= 0.6 is 0 Å². The molecule has 0 aliphatic carbocycles. The summed E-state index contributed by atoms with van der Waals surface area (Å²) in [5.41, 5.74) is 0. The number of aliphatic hydroxyl groups excluding tert-OH is 1. The van der Waals surface area contributed by atoms with Gasteiger partial charge >= 0.3 is 0 Å². The van der Waals surface area contributed by atoms with Gasteiger partial charge in [-0.2, -0.15) is 4.91 Å². The molecule has 0 rings (SSSR count). The monoisotopic (exact) mass is 215 g/mol. The second-order valence-electron chi connectivity index (χ2n) is 4.11. The third kappa shape index (κ3) is 13.6. The van der Waals surface area contributed by atoms with Gasteiger partial charge in [-0.05, 0) is 12.8 Å². The predicted octanol–water partition coefficient (Wildman–Crippen LogP) is 3.65. The molecule has 0 saturated heterocycles. The molecule has 0 aromatic rings. The van der Waals surface area contributed by atoms with Crippen LogP contribution in [-0.2, 0) is 0 Å². The van der Waals surface area contributed by atoms with E-state index in [4.69, 9.17) is 5.11 Å². The molecule has 0 atom stereocenters. The van der Waals surface area contributed by atoms with Crippen molar-refractivity contribution in [1.82, 2.24) is 0 Å². The highest BCUT2D eigenvalue weighted by Gasteiger charge is 1.92. The van der Waals surface area contributed by atoms with Crippen LogP contribution in [0.4, 0.5) is 0 Å². The Morgan fingerprint density at radius 2 is 1.07 bits per heavy atom. The average molecular weight is 215 g/mol. The van der Waals surface area contributed by atoms with Crippen LogP contribution in [0.5, 0.6) is 0 Å². The summed E-state index contributed by atoms with van der Waals surface area (Å²) in [6.07, 6.45) is 12.0. The standard InChI is InChI=1S/C12H25NO2/c14-12-10-8-6-4-2-1-3-5-7-9-11-13-15/h14H,1-12H2. The molecule has 3 nitrogen and oxygen atoms in total. The summed E-state index contributed by atoms with van der Waals surface area (Å²) in [4.78, 5) is 9.80. The lowest BCUT2D eigenvalue weighted by Crippen LogP contribution is -1.85. The van der Waals surface area contributed by atoms with Gasteiger partial charge in [-0.15, -0.1) is 0 Å². The zero-order valence-electron chi connectivity index (χ0n) is 9.79. The van der Waals surface area contributed by atoms with Gasteiger partial charge in [-0.25, -0.2) is 0 Å². The Kier molecular flexibility index (Phi) is 13.2. The van der Waals surface area contributed by atoms with E-state index in [-0.39, 0.29) is 0 Å². The number of hydrogen-bond donors (Lipinski definition) is 1. The van der Waals surface area contributed by atoms with Crippen LogP contribution in [0.1, 0.15) is 64.2 Å². The molecule has 0 aromatic heterocycles. The summed E-state index contributed by atoms with van der Waals surface area (Å²) in [6, 6.07) is 0. The normalized spacial score (nSPS) is 10.5. The van der Waals surface area contributed by atoms with Crippen LogP contribution in [0.3, 0.4) is 0 Å². The minimum absolute atomic E-state index is 0.338. The Bertz CT molecular complexity index is 129. The lowest BCUT2D eigenvalue weighted by atomic mass is 10.1. The number of nitroso groups, excluding NO2 is 1. The molecule has 0 aliphatic rings. The van der Waals surface area contributed by atoms with Crippen LogP contribution in [0.25, 0.3) is 0 Å². The maximum atomic E-state index is 9.80. The number of hydrogen-bond acceptors (Lipinski definition) is 3. The maximum Gasteiger partial charge on any atom is 0.0811 e. The smallest absolute Gasteiger partial charge is 0.0811 e. The van der Waals surface area contributed by atoms with Gasteiger partial charge in [-0.1, -0.05) is 56.5 Å². The molecule has 0 bridgehead atoms. The minimum Gasteiger partial charge on any atom is -0.396 e. The largest absolute Gasteiger partial charge is 0.396 e. The summed E-state index contributed by atoms with van der Waals surface area (Å²) in [5.74, 6) is 0. The van der Waals surface area contributed by atoms with Crippen molar-refractivity contribution >= 4 is 0 Å². The summed E-state index contributed by atoms with van der Waals surface area (Å²) in [6.45, 7) is 0.825. The van der Waals surface area contributed by atoms with Gasteiger partial charge in [0, 0.05) is 6.61 Å². The molecule has 0 radical (unpaired) electrons. The van der Waals surface area contributed by atoms with E-state index in [1.54, 1.807) is 0 Å². The van der Waals surface area contributed by atoms with E-state index in [2.05, 4.69) is 5.18 Å². The molecule has 1 N–H and O–H groups in total. The van der Waals surface area contributed by atoms with Crippen molar-refractivity contribution in [2.75, 3.05) is 13.2 Å². The Labute approximate surface area is 93.2 Å². The lowest BCUT2D eigenvalue weighted by Gasteiger charge is -2.01. The molecule has 0 aromatic carbocycles. The second-order valence-corrected chi connectivity index (χ2v) is 4.11. The zero-order chi connectivity index (χ0) is 11.2. The SMILES string of the molecule is O=NCCCCCCCCCCCCO. The van der Waals surface area contributed by atoms with Crippen molar-refractivity contribution in [3.63, 3.8) is 0 Å². The van der Waals surface area contributed by atoms with Crippen molar-refractivity contribution in [2.45, 2.75) is 64.2 Å². The van der Waals surface area contributed by atoms with Crippen LogP contribution in [0.2, 0.25) is 0 Å². The van der Waals surface area contributed by atoms with Gasteiger partial charge in [0.25, 0.3) is 0 Å². The second kappa shape index (κ2) is 13.6. The molecule has 0 unspecified atom stereocenters. The van der Waals surface area contributed by atoms with Gasteiger partial charge in [0.05, 0.1) is 6.54 Å². The first-order chi connectivity index (χ1) is 7.41. The van der Waals surface area contributed by atoms with E-state index < -0.39 is 0 Å². The fourth-order valence-corrected chi connectivity index (χ4v) is 1.70. The van der Waals surface area contributed by atoms with Crippen LogP contribution in [0.15, 0.2) is 5.18 Å². The number of nitrogens with zero attached hydrogens (tertiary/aromatic N) is 1. The van der Waals surface area contributed by atoms with Crippen LogP contribution < -0.4 is 0 Å². The molecule has 0 aliphatic heterocycles. The fourth-order valence-electron chi connectivity index (χ4n) is 1.70. The van der Waals surface area contributed by atoms with Gasteiger partial charge < -0.3 is 5.11 Å². The van der Waals surface area contributed by atoms with Crippen molar-refractivity contribution in [3.05, 3.63) is 4.91 Å². The van der Waals surface area contributed by atoms with Gasteiger partial charge in [0.2, 0.25) is 0 Å². The third-order valence-electron chi connectivity index (χ3n) is 2.66. The number of aliphatic hydroxyl groups is 1. The molecule has 0 saturated carbocycles. The quantitative estimate of drug-likeness (QED) is 0.399. The maximum absolute atomic E-state index is 9.80. The zero-order valence-corrected chi connectivity index (χ0v) is 9.79. The van der Waals surface area contributed by atoms with Gasteiger partial charge in [0.15, 0.2) is 0 Å². The number of rotatable bonds is 12. The van der Waals surface area contributed by atoms with E-state index in [0.717, 1.165) is 19.3 Å². The predicted molar refractivity (Wildman–Crippen MR) is 63.9 cm³/mol. The minimum atomic E-state index is 0.338. The van der Waals surface area contributed by atoms with Crippen molar-refractivity contribution in [1.29, 1.82) is 0 Å². The first-order valence-electron chi connectivity index (χ1n) is 6.32. The molecule has 0 amide bonds. The molecule has 0 spiro atoms. The van der Waals surface area contributed by atoms with Crippen LogP contribution in [-0.4, -0.2) is 18.3 Å². The van der Waals surface area contributed by atoms with Gasteiger partial charge in [-0.3, -0.25) is 0 Å². The summed E-state index contributed by atoms with van der Waals surface area (Å²) >= 11 is 0. The molecule has 3 heteroatoms. The summed E-state index contributed by atoms with van der Waals surface area (Å²) < 4.78 is 0. The van der Waals surface area contributed by atoms with E-state index in [9.17, 15) is 4.91 Å². The molecule has 0 fully saturated rings. The molecule has 0 heterocycles. The average Bonchev–Trinajstić information content (AvgIpc) is 2.26. The highest BCUT2D eigenvalue weighted by molar-refractivity contribution is 4.49.